The second-order valence-corrected chi connectivity index (χ2v) is 9.31. The maximum absolute atomic E-state index is 13.1. The van der Waals surface area contributed by atoms with Crippen LogP contribution in [0.25, 0.3) is 0 Å². The number of aryl methyl sites for hydroxylation is 1. The number of nitrogens with two attached hydrogens (primary N) is 1. The van der Waals surface area contributed by atoms with Gasteiger partial charge in [0.25, 0.3) is 0 Å². The molecule has 1 fully saturated rings. The Hall–Kier alpha value is -2.99. The molecule has 2 unspecified atom stereocenters. The van der Waals surface area contributed by atoms with E-state index in [1.165, 1.54) is 25.7 Å². The molecule has 0 radical (unpaired) electrons. The fourth-order valence-electron chi connectivity index (χ4n) is 4.93. The van der Waals surface area contributed by atoms with E-state index in [4.69, 9.17) is 10.5 Å². The number of carbonyl (C=O) groups is 2. The van der Waals surface area contributed by atoms with Gasteiger partial charge in [-0.2, -0.15) is 5.10 Å². The van der Waals surface area contributed by atoms with E-state index in [1.807, 2.05) is 55.6 Å². The third kappa shape index (κ3) is 5.92. The highest BCUT2D eigenvalue weighted by Crippen LogP contribution is 2.35. The van der Waals surface area contributed by atoms with Gasteiger partial charge in [-0.1, -0.05) is 49.2 Å². The molecule has 0 saturated carbocycles. The van der Waals surface area contributed by atoms with Crippen LogP contribution in [0.1, 0.15) is 84.1 Å². The molecule has 34 heavy (non-hydrogen) atoms. The molecule has 6 nitrogen and oxygen atoms in total. The number of fused-ring (bicyclic) bond motifs is 1. The van der Waals surface area contributed by atoms with Crippen LogP contribution in [0.2, 0.25) is 0 Å². The van der Waals surface area contributed by atoms with Crippen LogP contribution in [0.5, 0.6) is 0 Å². The van der Waals surface area contributed by atoms with E-state index in [9.17, 15) is 9.59 Å². The Kier molecular flexibility index (Phi) is 8.12. The molecule has 2 aromatic carbocycles. The van der Waals surface area contributed by atoms with E-state index in [1.54, 1.807) is 0 Å². The molecule has 1 heterocycles. The summed E-state index contributed by atoms with van der Waals surface area (Å²) >= 11 is 0. The Balaban J connectivity index is 1.41. The van der Waals surface area contributed by atoms with Gasteiger partial charge in [0, 0.05) is 30.3 Å². The summed E-state index contributed by atoms with van der Waals surface area (Å²) in [6.45, 7) is 4.22. The average molecular weight is 462 g/mol. The predicted octanol–water partition coefficient (Wildman–Crippen LogP) is 4.64. The van der Waals surface area contributed by atoms with Gasteiger partial charge < -0.3 is 10.5 Å². The van der Waals surface area contributed by atoms with Crippen LogP contribution in [0.15, 0.2) is 47.6 Å². The Morgan fingerprint density at radius 2 is 1.76 bits per heavy atom. The normalized spacial score (nSPS) is 20.6. The van der Waals surface area contributed by atoms with Gasteiger partial charge in [0.15, 0.2) is 5.78 Å². The zero-order chi connectivity index (χ0) is 23.9. The summed E-state index contributed by atoms with van der Waals surface area (Å²) in [5, 5.41) is 6.76. The quantitative estimate of drug-likeness (QED) is 0.369. The molecule has 180 valence electrons. The monoisotopic (exact) mass is 461 g/mol. The molecule has 0 aromatic heterocycles. The third-order valence-electron chi connectivity index (χ3n) is 6.92. The first kappa shape index (κ1) is 24.1. The highest BCUT2D eigenvalue weighted by atomic mass is 16.5. The second kappa shape index (κ2) is 11.4. The van der Waals surface area contributed by atoms with Crippen LogP contribution < -0.4 is 5.73 Å². The van der Waals surface area contributed by atoms with Gasteiger partial charge in [0.05, 0.1) is 19.2 Å². The number of esters is 1. The van der Waals surface area contributed by atoms with Crippen molar-refractivity contribution < 1.29 is 14.3 Å². The topological polar surface area (TPSA) is 85.0 Å². The predicted molar refractivity (Wildman–Crippen MR) is 134 cm³/mol. The molecular formula is C28H35N3O3. The molecule has 1 aliphatic heterocycles. The molecule has 2 aromatic rings. The first-order valence-corrected chi connectivity index (χ1v) is 12.5. The first-order chi connectivity index (χ1) is 16.5. The lowest BCUT2D eigenvalue weighted by molar-refractivity contribution is -0.144. The maximum Gasteiger partial charge on any atom is 0.306 e. The molecule has 1 aliphatic carbocycles. The number of carbonyl (C=O) groups excluding carboxylic acids is 2. The molecule has 6 heteroatoms. The Morgan fingerprint density at radius 1 is 1.06 bits per heavy atom. The molecular weight excluding hydrogens is 426 g/mol. The first-order valence-electron chi connectivity index (χ1n) is 12.5. The second-order valence-electron chi connectivity index (χ2n) is 9.31. The molecule has 2 aliphatic rings. The van der Waals surface area contributed by atoms with Crippen molar-refractivity contribution in [3.63, 3.8) is 0 Å². The van der Waals surface area contributed by atoms with E-state index in [0.29, 0.717) is 24.2 Å². The zero-order valence-corrected chi connectivity index (χ0v) is 20.0. The third-order valence-corrected chi connectivity index (χ3v) is 6.92. The van der Waals surface area contributed by atoms with Gasteiger partial charge in [0.1, 0.15) is 0 Å². The zero-order valence-electron chi connectivity index (χ0n) is 20.0. The number of ether oxygens (including phenoxy) is 1. The SMILES string of the molecule is CCOC(=O)CC1CCc2cc(C(=O)c3ccc(C=NN4CCCCCC4)cc3)ccc2C1N. The number of hydrazone groups is 1. The number of nitrogens with zero attached hydrogens (tertiary/aromatic N) is 2. The molecule has 2 atom stereocenters. The van der Waals surface area contributed by atoms with Crippen molar-refractivity contribution in [3.05, 3.63) is 70.3 Å². The molecule has 1 saturated heterocycles. The van der Waals surface area contributed by atoms with Crippen molar-refractivity contribution in [2.75, 3.05) is 19.7 Å². The summed E-state index contributed by atoms with van der Waals surface area (Å²) in [5.74, 6) is -0.129. The minimum absolute atomic E-state index is 0.000949. The molecule has 4 rings (SSSR count). The highest BCUT2D eigenvalue weighted by Gasteiger charge is 2.29. The van der Waals surface area contributed by atoms with E-state index < -0.39 is 0 Å². The van der Waals surface area contributed by atoms with Gasteiger partial charge in [-0.25, -0.2) is 0 Å². The molecule has 0 amide bonds. The van der Waals surface area contributed by atoms with Crippen molar-refractivity contribution in [2.24, 2.45) is 16.8 Å². The van der Waals surface area contributed by atoms with Gasteiger partial charge in [0.2, 0.25) is 0 Å². The van der Waals surface area contributed by atoms with E-state index in [-0.39, 0.29) is 23.7 Å². The fraction of sp³-hybridized carbons (Fsp3) is 0.464. The molecule has 2 N–H and O–H groups in total. The fourth-order valence-corrected chi connectivity index (χ4v) is 4.93. The van der Waals surface area contributed by atoms with Gasteiger partial charge >= 0.3 is 5.97 Å². The average Bonchev–Trinajstić information content (AvgIpc) is 3.13. The standard InChI is InChI=1S/C28H35N3O3/c1-2-34-26(32)18-23-12-11-22-17-24(13-14-25(22)27(23)29)28(33)21-9-7-20(8-10-21)19-30-31-15-5-3-4-6-16-31/h7-10,13-14,17,19,23,27H,2-6,11-12,15-16,18,29H2,1H3. The lowest BCUT2D eigenvalue weighted by Gasteiger charge is -2.30. The minimum atomic E-state index is -0.222. The van der Waals surface area contributed by atoms with Gasteiger partial charge in [-0.05, 0) is 61.3 Å². The maximum atomic E-state index is 13.1. The largest absolute Gasteiger partial charge is 0.466 e. The van der Waals surface area contributed by atoms with Crippen LogP contribution in [0, 0.1) is 5.92 Å². The van der Waals surface area contributed by atoms with E-state index in [0.717, 1.165) is 42.6 Å². The molecule has 0 bridgehead atoms. The molecule has 0 spiro atoms. The summed E-state index contributed by atoms with van der Waals surface area (Å²) in [4.78, 5) is 25.0. The van der Waals surface area contributed by atoms with E-state index >= 15 is 0 Å². The Bertz CT molecular complexity index is 1020. The van der Waals surface area contributed by atoms with Crippen molar-refractivity contribution in [1.29, 1.82) is 0 Å². The number of rotatable bonds is 7. The summed E-state index contributed by atoms with van der Waals surface area (Å²) < 4.78 is 5.09. The summed E-state index contributed by atoms with van der Waals surface area (Å²) in [7, 11) is 0. The van der Waals surface area contributed by atoms with E-state index in [2.05, 4.69) is 10.1 Å². The van der Waals surface area contributed by atoms with Crippen molar-refractivity contribution in [2.45, 2.75) is 57.9 Å². The van der Waals surface area contributed by atoms with Gasteiger partial charge in [-0.3, -0.25) is 14.6 Å². The smallest absolute Gasteiger partial charge is 0.306 e. The van der Waals surface area contributed by atoms with Crippen molar-refractivity contribution in [3.8, 4) is 0 Å². The lowest BCUT2D eigenvalue weighted by Crippen LogP contribution is -2.29. The number of hydrogen-bond acceptors (Lipinski definition) is 6. The van der Waals surface area contributed by atoms with Crippen LogP contribution >= 0.6 is 0 Å². The lowest BCUT2D eigenvalue weighted by atomic mass is 9.78. The van der Waals surface area contributed by atoms with Crippen molar-refractivity contribution >= 4 is 18.0 Å². The van der Waals surface area contributed by atoms with Crippen LogP contribution in [0.3, 0.4) is 0 Å². The van der Waals surface area contributed by atoms with Crippen LogP contribution in [-0.4, -0.2) is 42.7 Å². The summed E-state index contributed by atoms with van der Waals surface area (Å²) in [6.07, 6.45) is 8.80. The number of hydrogen-bond donors (Lipinski definition) is 1. The van der Waals surface area contributed by atoms with Crippen LogP contribution in [0.4, 0.5) is 0 Å². The van der Waals surface area contributed by atoms with Crippen LogP contribution in [-0.2, 0) is 16.0 Å². The number of ketones is 1. The highest BCUT2D eigenvalue weighted by molar-refractivity contribution is 6.09. The Morgan fingerprint density at radius 3 is 2.47 bits per heavy atom. The number of benzene rings is 2. The summed E-state index contributed by atoms with van der Waals surface area (Å²) in [5.41, 5.74) is 10.9. The minimum Gasteiger partial charge on any atom is -0.466 e. The summed E-state index contributed by atoms with van der Waals surface area (Å²) in [6, 6.07) is 13.2. The Labute approximate surface area is 202 Å². The van der Waals surface area contributed by atoms with Gasteiger partial charge in [-0.15, -0.1) is 0 Å². The van der Waals surface area contributed by atoms with Crippen molar-refractivity contribution in [1.82, 2.24) is 5.01 Å².